The van der Waals surface area contributed by atoms with Gasteiger partial charge in [0.05, 0.1) is 17.1 Å². The van der Waals surface area contributed by atoms with Gasteiger partial charge in [-0.05, 0) is 77.4 Å². The second-order valence-corrected chi connectivity index (χ2v) is 10.5. The van der Waals surface area contributed by atoms with Crippen LogP contribution < -0.4 is 11.2 Å². The molecule has 0 unspecified atom stereocenters. The van der Waals surface area contributed by atoms with Crippen molar-refractivity contribution in [1.29, 1.82) is 0 Å². The van der Waals surface area contributed by atoms with Crippen LogP contribution in [0.2, 0.25) is 0 Å². The molecule has 0 aromatic heterocycles. The molecule has 0 heterocycles. The summed E-state index contributed by atoms with van der Waals surface area (Å²) in [5.74, 6) is -2.35. The van der Waals surface area contributed by atoms with Gasteiger partial charge in [-0.25, -0.2) is 4.79 Å². The number of fused-ring (bicyclic) bond motifs is 1. The van der Waals surface area contributed by atoms with Crippen molar-refractivity contribution in [3.05, 3.63) is 107 Å². The maximum Gasteiger partial charge on any atom is 0.339 e. The first-order valence-electron chi connectivity index (χ1n) is 12.2. The molecule has 0 saturated carbocycles. The zero-order valence-electron chi connectivity index (χ0n) is 21.5. The van der Waals surface area contributed by atoms with Gasteiger partial charge in [0.15, 0.2) is 5.71 Å². The Kier molecular flexibility index (Phi) is 7.35. The van der Waals surface area contributed by atoms with Crippen LogP contribution in [0.25, 0.3) is 17.2 Å². The van der Waals surface area contributed by atoms with Crippen LogP contribution in [0.4, 0.5) is 22.7 Å². The highest BCUT2D eigenvalue weighted by Gasteiger charge is 2.33. The van der Waals surface area contributed by atoms with Gasteiger partial charge in [-0.2, -0.15) is 23.7 Å². The van der Waals surface area contributed by atoms with E-state index in [2.05, 4.69) is 20.8 Å². The largest absolute Gasteiger partial charge is 0.507 e. The molecule has 0 saturated heterocycles. The third-order valence-electron chi connectivity index (χ3n) is 6.21. The summed E-state index contributed by atoms with van der Waals surface area (Å²) in [5, 5.41) is 30.8. The van der Waals surface area contributed by atoms with Gasteiger partial charge in [-0.1, -0.05) is 30.3 Å². The summed E-state index contributed by atoms with van der Waals surface area (Å²) >= 11 is 0. The van der Waals surface area contributed by atoms with Gasteiger partial charge in [0.25, 0.3) is 10.1 Å². The maximum absolute atomic E-state index is 13.0. The van der Waals surface area contributed by atoms with E-state index in [1.54, 1.807) is 36.4 Å². The van der Waals surface area contributed by atoms with Crippen molar-refractivity contribution in [3.8, 4) is 16.9 Å². The number of aromatic carboxylic acids is 1. The number of anilines is 2. The fourth-order valence-electron chi connectivity index (χ4n) is 4.10. The number of hydrogen-bond acceptors (Lipinski definition) is 10. The SMILES string of the molecule is Nc1ccc2c(c1)C(=O)/C(=N\Nc1ccc(-c3ccc(N=Nc4ccc(O)c(C(=O)O)c4)cc3)cc1)C(S(=O)(=O)O)=C2. The smallest absolute Gasteiger partial charge is 0.339 e. The number of carbonyl (C=O) groups excluding carboxylic acids is 1. The van der Waals surface area contributed by atoms with Gasteiger partial charge in [0.1, 0.15) is 16.2 Å². The maximum atomic E-state index is 13.0. The molecule has 0 fully saturated rings. The topological polar surface area (TPSA) is 204 Å². The number of hydrogen-bond donors (Lipinski definition) is 5. The number of nitrogens with one attached hydrogen (secondary N) is 1. The predicted octanol–water partition coefficient (Wildman–Crippen LogP) is 5.65. The number of nitrogens with two attached hydrogens (primary N) is 1. The molecule has 12 nitrogen and oxygen atoms in total. The van der Waals surface area contributed by atoms with Gasteiger partial charge in [-0.3, -0.25) is 14.8 Å². The average molecular weight is 584 g/mol. The van der Waals surface area contributed by atoms with Crippen molar-refractivity contribution < 1.29 is 32.8 Å². The summed E-state index contributed by atoms with van der Waals surface area (Å²) < 4.78 is 33.7. The van der Waals surface area contributed by atoms with Crippen LogP contribution >= 0.6 is 0 Å². The van der Waals surface area contributed by atoms with Crippen molar-refractivity contribution in [2.75, 3.05) is 11.2 Å². The summed E-state index contributed by atoms with van der Waals surface area (Å²) in [6.07, 6.45) is 1.16. The van der Waals surface area contributed by atoms with Gasteiger partial charge in [-0.15, -0.1) is 0 Å². The molecule has 4 aromatic rings. The van der Waals surface area contributed by atoms with Crippen molar-refractivity contribution in [1.82, 2.24) is 0 Å². The molecule has 13 heteroatoms. The van der Waals surface area contributed by atoms with Crippen LogP contribution in [0.5, 0.6) is 5.75 Å². The lowest BCUT2D eigenvalue weighted by Gasteiger charge is -2.16. The minimum atomic E-state index is -4.75. The number of benzene rings is 4. The van der Waals surface area contributed by atoms with E-state index < -0.39 is 32.5 Å². The number of nitrogen functional groups attached to an aromatic ring is 1. The number of carboxylic acid groups (broad SMARTS) is 1. The minimum Gasteiger partial charge on any atom is -0.507 e. The molecule has 210 valence electrons. The lowest BCUT2D eigenvalue weighted by atomic mass is 9.94. The van der Waals surface area contributed by atoms with Crippen LogP contribution in [0.1, 0.15) is 26.3 Å². The summed E-state index contributed by atoms with van der Waals surface area (Å²) in [5.41, 5.74) is 11.4. The first-order valence-corrected chi connectivity index (χ1v) is 13.6. The second kappa shape index (κ2) is 11.1. The van der Waals surface area contributed by atoms with Crippen molar-refractivity contribution in [2.24, 2.45) is 15.3 Å². The number of azo groups is 1. The van der Waals surface area contributed by atoms with E-state index in [4.69, 9.17) is 10.8 Å². The predicted molar refractivity (Wildman–Crippen MR) is 157 cm³/mol. The zero-order chi connectivity index (χ0) is 30.0. The molecule has 4 aromatic carbocycles. The number of ketones is 1. The summed E-state index contributed by atoms with van der Waals surface area (Å²) in [7, 11) is -4.75. The Bertz CT molecular complexity index is 1930. The Morgan fingerprint density at radius 3 is 2.10 bits per heavy atom. The van der Waals surface area contributed by atoms with Crippen LogP contribution in [0.15, 0.2) is 105 Å². The van der Waals surface area contributed by atoms with E-state index in [9.17, 15) is 27.7 Å². The van der Waals surface area contributed by atoms with Crippen LogP contribution in [0, 0.1) is 0 Å². The highest BCUT2D eigenvalue weighted by atomic mass is 32.2. The number of Topliss-reactive ketones (excluding diaryl/α,β-unsaturated/α-hetero) is 1. The molecule has 0 amide bonds. The van der Waals surface area contributed by atoms with Crippen molar-refractivity contribution in [3.63, 3.8) is 0 Å². The Morgan fingerprint density at radius 2 is 1.45 bits per heavy atom. The third kappa shape index (κ3) is 5.91. The Labute approximate surface area is 238 Å². The molecule has 1 aliphatic rings. The molecule has 5 rings (SSSR count). The quantitative estimate of drug-likeness (QED) is 0.0788. The van der Waals surface area contributed by atoms with Crippen molar-refractivity contribution >= 4 is 56.4 Å². The van der Waals surface area contributed by atoms with E-state index in [1.165, 1.54) is 36.4 Å². The summed E-state index contributed by atoms with van der Waals surface area (Å²) in [6, 6.07) is 22.3. The Hall–Kier alpha value is -5.66. The van der Waals surface area contributed by atoms with E-state index in [0.717, 1.165) is 17.2 Å². The van der Waals surface area contributed by atoms with Crippen LogP contribution in [-0.2, 0) is 10.1 Å². The zero-order valence-corrected chi connectivity index (χ0v) is 22.3. The number of rotatable bonds is 7. The number of carboxylic acids is 1. The first kappa shape index (κ1) is 27.9. The van der Waals surface area contributed by atoms with Gasteiger partial charge in [0, 0.05) is 11.3 Å². The molecule has 1 aliphatic carbocycles. The molecular formula is C29H21N5O7S. The highest BCUT2D eigenvalue weighted by molar-refractivity contribution is 7.91. The number of carbonyl (C=O) groups is 2. The van der Waals surface area contributed by atoms with Gasteiger partial charge < -0.3 is 15.9 Å². The molecule has 0 spiro atoms. The third-order valence-corrected chi connectivity index (χ3v) is 7.08. The molecule has 0 atom stereocenters. The van der Waals surface area contributed by atoms with Gasteiger partial charge >= 0.3 is 5.97 Å². The molecule has 6 N–H and O–H groups in total. The molecule has 0 radical (unpaired) electrons. The molecule has 0 aliphatic heterocycles. The van der Waals surface area contributed by atoms with Crippen LogP contribution in [-0.4, -0.2) is 40.6 Å². The van der Waals surface area contributed by atoms with E-state index in [-0.39, 0.29) is 22.6 Å². The summed E-state index contributed by atoms with van der Waals surface area (Å²) in [6.45, 7) is 0. The fourth-order valence-corrected chi connectivity index (χ4v) is 4.76. The summed E-state index contributed by atoms with van der Waals surface area (Å²) in [4.78, 5) is 23.5. The number of allylic oxidation sites excluding steroid dienone is 1. The number of nitrogens with zero attached hydrogens (tertiary/aromatic N) is 3. The fraction of sp³-hybridized carbons (Fsp3) is 0. The average Bonchev–Trinajstić information content (AvgIpc) is 2.96. The number of phenols is 1. The number of aromatic hydroxyl groups is 1. The highest BCUT2D eigenvalue weighted by Crippen LogP contribution is 2.29. The van der Waals surface area contributed by atoms with E-state index >= 15 is 0 Å². The minimum absolute atomic E-state index is 0.161. The molecule has 42 heavy (non-hydrogen) atoms. The van der Waals surface area contributed by atoms with E-state index in [1.807, 2.05) is 12.1 Å². The Morgan fingerprint density at radius 1 is 0.833 bits per heavy atom. The Balaban J connectivity index is 1.31. The monoisotopic (exact) mass is 583 g/mol. The molecular weight excluding hydrogens is 562 g/mol. The lowest BCUT2D eigenvalue weighted by Crippen LogP contribution is -2.27. The van der Waals surface area contributed by atoms with Gasteiger partial charge in [0.2, 0.25) is 5.78 Å². The van der Waals surface area contributed by atoms with E-state index in [0.29, 0.717) is 22.6 Å². The number of hydrazone groups is 1. The molecule has 0 bridgehead atoms. The second-order valence-electron chi connectivity index (χ2n) is 9.06. The standard InChI is InChI=1S/C29H21N5O7S/c30-19-6-1-18-13-26(42(39,40)41)27(28(36)23(18)14-19)34-32-21-9-4-17(5-10-21)16-2-7-20(8-3-16)31-33-22-11-12-25(35)24(15-22)29(37)38/h1-15,32,35H,30H2,(H,37,38)(H,39,40,41)/b33-31?,34-27-. The lowest BCUT2D eigenvalue weighted by molar-refractivity contribution is 0.0693. The van der Waals surface area contributed by atoms with Crippen molar-refractivity contribution in [2.45, 2.75) is 0 Å². The normalized spacial score (nSPS) is 14.1. The van der Waals surface area contributed by atoms with Crippen LogP contribution in [0.3, 0.4) is 0 Å². The first-order chi connectivity index (χ1) is 20.0.